The number of nitrogens with one attached hydrogen (secondary N) is 2. The average molecular weight is 476 g/mol. The minimum absolute atomic E-state index is 0.0453. The van der Waals surface area contributed by atoms with E-state index in [2.05, 4.69) is 17.6 Å². The molecule has 0 bridgehead atoms. The van der Waals surface area contributed by atoms with Gasteiger partial charge in [-0.25, -0.2) is 0 Å². The van der Waals surface area contributed by atoms with Gasteiger partial charge in [0.1, 0.15) is 18.6 Å². The molecule has 0 heterocycles. The molecule has 0 unspecified atom stereocenters. The number of amides is 2. The quantitative estimate of drug-likeness (QED) is 0.158. The Labute approximate surface area is 195 Å². The number of unbranched alkanes of at least 4 members (excludes halogenated alkanes) is 9. The molecule has 2 atom stereocenters. The molecule has 10 heteroatoms. The number of carboxylic acids is 2. The van der Waals surface area contributed by atoms with Gasteiger partial charge in [-0.2, -0.15) is 11.8 Å². The van der Waals surface area contributed by atoms with Crippen LogP contribution in [0.3, 0.4) is 0 Å². The van der Waals surface area contributed by atoms with E-state index in [9.17, 15) is 19.2 Å². The Kier molecular flexibility index (Phi) is 18.7. The zero-order valence-corrected chi connectivity index (χ0v) is 20.1. The SMILES string of the molecule is CCCCCCCCCCCCSC[C@H](NC(=O)CC[C@@H](N)C(=O)O)C(=O)NCC(=O)O. The highest BCUT2D eigenvalue weighted by molar-refractivity contribution is 7.99. The minimum atomic E-state index is -1.19. The molecular weight excluding hydrogens is 434 g/mol. The number of hydrogen-bond donors (Lipinski definition) is 5. The van der Waals surface area contributed by atoms with Crippen molar-refractivity contribution in [3.05, 3.63) is 0 Å². The molecule has 0 saturated heterocycles. The number of carbonyl (C=O) groups is 4. The number of hydrogen-bond acceptors (Lipinski definition) is 6. The molecule has 0 aromatic heterocycles. The number of aliphatic carboxylic acids is 2. The molecule has 9 nitrogen and oxygen atoms in total. The van der Waals surface area contributed by atoms with Crippen molar-refractivity contribution in [3.8, 4) is 0 Å². The standard InChI is InChI=1S/C22H41N3O6S/c1-2-3-4-5-6-7-8-9-10-11-14-32-16-18(21(29)24-15-20(27)28)25-19(26)13-12-17(23)22(30)31/h17-18H,2-16,23H2,1H3,(H,24,29)(H,25,26)(H,27,28)(H,30,31)/t17-,18+/m1/s1. The van der Waals surface area contributed by atoms with Crippen molar-refractivity contribution in [3.63, 3.8) is 0 Å². The van der Waals surface area contributed by atoms with Crippen molar-refractivity contribution < 1.29 is 29.4 Å². The number of rotatable bonds is 21. The fourth-order valence-electron chi connectivity index (χ4n) is 3.04. The third kappa shape index (κ3) is 17.8. The van der Waals surface area contributed by atoms with Gasteiger partial charge >= 0.3 is 11.9 Å². The number of carboxylic acid groups (broad SMARTS) is 2. The normalized spacial score (nSPS) is 12.7. The summed E-state index contributed by atoms with van der Waals surface area (Å²) >= 11 is 1.53. The molecule has 0 spiro atoms. The summed E-state index contributed by atoms with van der Waals surface area (Å²) in [6, 6.07) is -2.03. The van der Waals surface area contributed by atoms with Crippen molar-refractivity contribution in [2.24, 2.45) is 5.73 Å². The zero-order valence-electron chi connectivity index (χ0n) is 19.3. The highest BCUT2D eigenvalue weighted by atomic mass is 32.2. The smallest absolute Gasteiger partial charge is 0.322 e. The number of nitrogens with two attached hydrogens (primary N) is 1. The largest absolute Gasteiger partial charge is 0.480 e. The lowest BCUT2D eigenvalue weighted by molar-refractivity contribution is -0.139. The maximum Gasteiger partial charge on any atom is 0.322 e. The fraction of sp³-hybridized carbons (Fsp3) is 0.818. The monoisotopic (exact) mass is 475 g/mol. The predicted octanol–water partition coefficient (Wildman–Crippen LogP) is 2.52. The summed E-state index contributed by atoms with van der Waals surface area (Å²) in [5.74, 6) is -2.26. The molecule has 0 saturated carbocycles. The molecular formula is C22H41N3O6S. The molecule has 0 aromatic carbocycles. The zero-order chi connectivity index (χ0) is 24.2. The molecule has 0 fully saturated rings. The highest BCUT2D eigenvalue weighted by Gasteiger charge is 2.22. The minimum Gasteiger partial charge on any atom is -0.480 e. The van der Waals surface area contributed by atoms with Gasteiger partial charge in [-0.05, 0) is 18.6 Å². The van der Waals surface area contributed by atoms with E-state index >= 15 is 0 Å². The number of carbonyl (C=O) groups excluding carboxylic acids is 2. The lowest BCUT2D eigenvalue weighted by Crippen LogP contribution is -2.49. The first-order chi connectivity index (χ1) is 15.3. The summed E-state index contributed by atoms with van der Waals surface area (Å²) in [5, 5.41) is 22.4. The van der Waals surface area contributed by atoms with E-state index in [-0.39, 0.29) is 12.8 Å². The van der Waals surface area contributed by atoms with E-state index in [1.807, 2.05) is 0 Å². The van der Waals surface area contributed by atoms with Crippen molar-refractivity contribution >= 4 is 35.5 Å². The van der Waals surface area contributed by atoms with E-state index in [0.717, 1.165) is 18.6 Å². The van der Waals surface area contributed by atoms with Gasteiger partial charge in [0.05, 0.1) is 0 Å². The van der Waals surface area contributed by atoms with Crippen LogP contribution in [-0.4, -0.2) is 64.1 Å². The second-order valence-corrected chi connectivity index (χ2v) is 9.12. The first kappa shape index (κ1) is 30.2. The van der Waals surface area contributed by atoms with Gasteiger partial charge in [-0.15, -0.1) is 0 Å². The van der Waals surface area contributed by atoms with E-state index < -0.39 is 42.4 Å². The van der Waals surface area contributed by atoms with Gasteiger partial charge in [0.15, 0.2) is 0 Å². The second-order valence-electron chi connectivity index (χ2n) is 7.97. The summed E-state index contributed by atoms with van der Waals surface area (Å²) < 4.78 is 0. The van der Waals surface area contributed by atoms with Crippen molar-refractivity contribution in [1.82, 2.24) is 10.6 Å². The van der Waals surface area contributed by atoms with Gasteiger partial charge in [0.25, 0.3) is 0 Å². The van der Waals surface area contributed by atoms with Gasteiger partial charge in [0, 0.05) is 12.2 Å². The molecule has 0 aromatic rings. The van der Waals surface area contributed by atoms with E-state index in [1.54, 1.807) is 0 Å². The summed E-state index contributed by atoms with van der Waals surface area (Å²) in [6.07, 6.45) is 12.2. The fourth-order valence-corrected chi connectivity index (χ4v) is 4.08. The average Bonchev–Trinajstić information content (AvgIpc) is 2.75. The Morgan fingerprint density at radius 2 is 1.47 bits per heavy atom. The third-order valence-electron chi connectivity index (χ3n) is 4.99. The summed E-state index contributed by atoms with van der Waals surface area (Å²) in [7, 11) is 0. The van der Waals surface area contributed by atoms with Gasteiger partial charge in [-0.3, -0.25) is 19.2 Å². The first-order valence-corrected chi connectivity index (χ1v) is 12.8. The Morgan fingerprint density at radius 1 is 0.906 bits per heavy atom. The topological polar surface area (TPSA) is 159 Å². The van der Waals surface area contributed by atoms with Crippen LogP contribution in [0.1, 0.15) is 84.0 Å². The third-order valence-corrected chi connectivity index (χ3v) is 6.14. The van der Waals surface area contributed by atoms with Crippen LogP contribution in [0.15, 0.2) is 0 Å². The Hall–Kier alpha value is -1.81. The van der Waals surface area contributed by atoms with Gasteiger partial charge < -0.3 is 26.6 Å². The van der Waals surface area contributed by atoms with Gasteiger partial charge in [-0.1, -0.05) is 64.7 Å². The summed E-state index contributed by atoms with van der Waals surface area (Å²) in [6.45, 7) is 1.69. The predicted molar refractivity (Wildman–Crippen MR) is 127 cm³/mol. The maximum absolute atomic E-state index is 12.2. The molecule has 0 aliphatic carbocycles. The van der Waals surface area contributed by atoms with Crippen LogP contribution in [-0.2, 0) is 19.2 Å². The van der Waals surface area contributed by atoms with E-state index in [0.29, 0.717) is 5.75 Å². The lowest BCUT2D eigenvalue weighted by Gasteiger charge is -2.18. The van der Waals surface area contributed by atoms with Crippen LogP contribution < -0.4 is 16.4 Å². The van der Waals surface area contributed by atoms with E-state index in [4.69, 9.17) is 15.9 Å². The van der Waals surface area contributed by atoms with Crippen molar-refractivity contribution in [2.75, 3.05) is 18.1 Å². The number of thioether (sulfide) groups is 1. The molecule has 32 heavy (non-hydrogen) atoms. The maximum atomic E-state index is 12.2. The van der Waals surface area contributed by atoms with Crippen LogP contribution in [0, 0.1) is 0 Å². The first-order valence-electron chi connectivity index (χ1n) is 11.6. The van der Waals surface area contributed by atoms with Crippen LogP contribution >= 0.6 is 11.8 Å². The summed E-state index contributed by atoms with van der Waals surface area (Å²) in [4.78, 5) is 45.8. The highest BCUT2D eigenvalue weighted by Crippen LogP contribution is 2.13. The Bertz CT molecular complexity index is 562. The Morgan fingerprint density at radius 3 is 2.00 bits per heavy atom. The van der Waals surface area contributed by atoms with E-state index in [1.165, 1.54) is 63.1 Å². The molecule has 0 aliphatic heterocycles. The summed E-state index contributed by atoms with van der Waals surface area (Å²) in [5.41, 5.74) is 5.39. The van der Waals surface area contributed by atoms with Crippen LogP contribution in [0.5, 0.6) is 0 Å². The molecule has 0 rings (SSSR count). The van der Waals surface area contributed by atoms with Gasteiger partial charge in [0.2, 0.25) is 11.8 Å². The lowest BCUT2D eigenvalue weighted by atomic mass is 10.1. The van der Waals surface area contributed by atoms with Crippen LogP contribution in [0.25, 0.3) is 0 Å². The van der Waals surface area contributed by atoms with Crippen LogP contribution in [0.2, 0.25) is 0 Å². The molecule has 0 aliphatic rings. The molecule has 6 N–H and O–H groups in total. The second kappa shape index (κ2) is 19.8. The van der Waals surface area contributed by atoms with Crippen LogP contribution in [0.4, 0.5) is 0 Å². The Balaban J connectivity index is 4.17. The molecule has 2 amide bonds. The molecule has 0 radical (unpaired) electrons. The molecule has 186 valence electrons. The van der Waals surface area contributed by atoms with Crippen molar-refractivity contribution in [2.45, 2.75) is 96.1 Å². The van der Waals surface area contributed by atoms with Crippen molar-refractivity contribution in [1.29, 1.82) is 0 Å².